The SMILES string of the molecule is CC(C)OCCN(C)c1ccccc1CN. The molecule has 16 heavy (non-hydrogen) atoms. The van der Waals surface area contributed by atoms with Crippen LogP contribution in [0.2, 0.25) is 0 Å². The Morgan fingerprint density at radius 1 is 1.31 bits per heavy atom. The van der Waals surface area contributed by atoms with Gasteiger partial charge in [0.1, 0.15) is 0 Å². The second-order valence-electron chi connectivity index (χ2n) is 4.17. The van der Waals surface area contributed by atoms with E-state index < -0.39 is 0 Å². The third-order valence-electron chi connectivity index (χ3n) is 2.50. The molecule has 0 fully saturated rings. The van der Waals surface area contributed by atoms with Gasteiger partial charge in [0, 0.05) is 25.8 Å². The number of anilines is 1. The van der Waals surface area contributed by atoms with Crippen LogP contribution >= 0.6 is 0 Å². The first-order valence-corrected chi connectivity index (χ1v) is 5.76. The van der Waals surface area contributed by atoms with Crippen LogP contribution in [-0.4, -0.2) is 26.3 Å². The molecule has 2 N–H and O–H groups in total. The van der Waals surface area contributed by atoms with Gasteiger partial charge >= 0.3 is 0 Å². The molecule has 0 aliphatic carbocycles. The summed E-state index contributed by atoms with van der Waals surface area (Å²) in [6.07, 6.45) is 0.290. The molecule has 3 heteroatoms. The number of benzene rings is 1. The Morgan fingerprint density at radius 2 is 2.00 bits per heavy atom. The molecular formula is C13H22N2O. The maximum absolute atomic E-state index is 5.71. The smallest absolute Gasteiger partial charge is 0.0644 e. The number of nitrogens with zero attached hydrogens (tertiary/aromatic N) is 1. The number of hydrogen-bond acceptors (Lipinski definition) is 3. The maximum atomic E-state index is 5.71. The lowest BCUT2D eigenvalue weighted by molar-refractivity contribution is 0.0846. The third-order valence-corrected chi connectivity index (χ3v) is 2.50. The molecule has 0 unspecified atom stereocenters. The molecule has 0 spiro atoms. The summed E-state index contributed by atoms with van der Waals surface area (Å²) in [5.74, 6) is 0. The van der Waals surface area contributed by atoms with Crippen LogP contribution in [0.15, 0.2) is 24.3 Å². The number of rotatable bonds is 6. The Hall–Kier alpha value is -1.06. The van der Waals surface area contributed by atoms with E-state index in [2.05, 4.69) is 24.1 Å². The van der Waals surface area contributed by atoms with Crippen molar-refractivity contribution in [3.8, 4) is 0 Å². The van der Waals surface area contributed by atoms with Crippen LogP contribution in [0, 0.1) is 0 Å². The van der Waals surface area contributed by atoms with Crippen LogP contribution in [-0.2, 0) is 11.3 Å². The van der Waals surface area contributed by atoms with E-state index in [9.17, 15) is 0 Å². The molecule has 0 amide bonds. The van der Waals surface area contributed by atoms with Crippen molar-refractivity contribution in [1.82, 2.24) is 0 Å². The monoisotopic (exact) mass is 222 g/mol. The van der Waals surface area contributed by atoms with Gasteiger partial charge in [-0.15, -0.1) is 0 Å². The quantitative estimate of drug-likeness (QED) is 0.800. The summed E-state index contributed by atoms with van der Waals surface area (Å²) in [7, 11) is 2.07. The second-order valence-corrected chi connectivity index (χ2v) is 4.17. The van der Waals surface area contributed by atoms with Crippen molar-refractivity contribution in [2.75, 3.05) is 25.1 Å². The van der Waals surface area contributed by atoms with Crippen LogP contribution in [0.5, 0.6) is 0 Å². The van der Waals surface area contributed by atoms with Gasteiger partial charge in [0.25, 0.3) is 0 Å². The van der Waals surface area contributed by atoms with Crippen molar-refractivity contribution in [2.24, 2.45) is 5.73 Å². The first kappa shape index (κ1) is 13.0. The Labute approximate surface area is 98.2 Å². The first-order chi connectivity index (χ1) is 7.65. The van der Waals surface area contributed by atoms with Crippen molar-refractivity contribution in [3.05, 3.63) is 29.8 Å². The summed E-state index contributed by atoms with van der Waals surface area (Å²) in [6.45, 7) is 6.30. The minimum absolute atomic E-state index is 0.290. The zero-order valence-corrected chi connectivity index (χ0v) is 10.4. The summed E-state index contributed by atoms with van der Waals surface area (Å²) < 4.78 is 5.53. The topological polar surface area (TPSA) is 38.5 Å². The molecule has 0 atom stereocenters. The minimum atomic E-state index is 0.290. The van der Waals surface area contributed by atoms with E-state index >= 15 is 0 Å². The average Bonchev–Trinajstić information content (AvgIpc) is 2.28. The molecule has 1 aromatic carbocycles. The molecule has 1 rings (SSSR count). The molecule has 0 heterocycles. The molecule has 0 aliphatic rings. The summed E-state index contributed by atoms with van der Waals surface area (Å²) in [5.41, 5.74) is 8.07. The number of likely N-dealkylation sites (N-methyl/N-ethyl adjacent to an activating group) is 1. The second kappa shape index (κ2) is 6.51. The van der Waals surface area contributed by atoms with E-state index in [1.807, 2.05) is 26.0 Å². The highest BCUT2D eigenvalue weighted by Gasteiger charge is 2.05. The van der Waals surface area contributed by atoms with Crippen LogP contribution in [0.25, 0.3) is 0 Å². The lowest BCUT2D eigenvalue weighted by Gasteiger charge is -2.22. The summed E-state index contributed by atoms with van der Waals surface area (Å²) in [4.78, 5) is 2.19. The molecule has 0 aromatic heterocycles. The molecule has 0 aliphatic heterocycles. The van der Waals surface area contributed by atoms with Crippen LogP contribution in [0.4, 0.5) is 5.69 Å². The van der Waals surface area contributed by atoms with Gasteiger partial charge in [-0.2, -0.15) is 0 Å². The molecule has 0 saturated heterocycles. The molecule has 3 nitrogen and oxygen atoms in total. The molecular weight excluding hydrogens is 200 g/mol. The summed E-state index contributed by atoms with van der Waals surface area (Å²) in [5, 5.41) is 0. The Bertz CT molecular complexity index is 313. The van der Waals surface area contributed by atoms with E-state index in [0.29, 0.717) is 6.54 Å². The van der Waals surface area contributed by atoms with Gasteiger partial charge in [0.05, 0.1) is 12.7 Å². The molecule has 90 valence electrons. The minimum Gasteiger partial charge on any atom is -0.377 e. The van der Waals surface area contributed by atoms with Gasteiger partial charge in [-0.05, 0) is 25.5 Å². The number of nitrogens with two attached hydrogens (primary N) is 1. The summed E-state index contributed by atoms with van der Waals surface area (Å²) in [6, 6.07) is 8.21. The van der Waals surface area contributed by atoms with E-state index in [4.69, 9.17) is 10.5 Å². The van der Waals surface area contributed by atoms with Crippen LogP contribution in [0.3, 0.4) is 0 Å². The molecule has 0 bridgehead atoms. The molecule has 0 radical (unpaired) electrons. The molecule has 1 aromatic rings. The van der Waals surface area contributed by atoms with Crippen LogP contribution < -0.4 is 10.6 Å². The largest absolute Gasteiger partial charge is 0.377 e. The third kappa shape index (κ3) is 3.83. The van der Waals surface area contributed by atoms with Gasteiger partial charge in [-0.1, -0.05) is 18.2 Å². The van der Waals surface area contributed by atoms with Crippen molar-refractivity contribution in [3.63, 3.8) is 0 Å². The zero-order chi connectivity index (χ0) is 12.0. The van der Waals surface area contributed by atoms with E-state index in [-0.39, 0.29) is 6.10 Å². The van der Waals surface area contributed by atoms with E-state index in [1.165, 1.54) is 11.3 Å². The maximum Gasteiger partial charge on any atom is 0.0644 e. The van der Waals surface area contributed by atoms with Crippen molar-refractivity contribution in [1.29, 1.82) is 0 Å². The van der Waals surface area contributed by atoms with Crippen LogP contribution in [0.1, 0.15) is 19.4 Å². The number of para-hydroxylation sites is 1. The average molecular weight is 222 g/mol. The van der Waals surface area contributed by atoms with Crippen molar-refractivity contribution < 1.29 is 4.74 Å². The summed E-state index contributed by atoms with van der Waals surface area (Å²) >= 11 is 0. The highest BCUT2D eigenvalue weighted by atomic mass is 16.5. The predicted molar refractivity (Wildman–Crippen MR) is 68.7 cm³/mol. The lowest BCUT2D eigenvalue weighted by Crippen LogP contribution is -2.25. The Balaban J connectivity index is 2.55. The van der Waals surface area contributed by atoms with Gasteiger partial charge < -0.3 is 15.4 Å². The van der Waals surface area contributed by atoms with Gasteiger partial charge in [-0.3, -0.25) is 0 Å². The van der Waals surface area contributed by atoms with Gasteiger partial charge in [0.2, 0.25) is 0 Å². The van der Waals surface area contributed by atoms with Gasteiger partial charge in [0.15, 0.2) is 0 Å². The fourth-order valence-electron chi connectivity index (χ4n) is 1.60. The normalized spacial score (nSPS) is 10.8. The number of ether oxygens (including phenoxy) is 1. The predicted octanol–water partition coefficient (Wildman–Crippen LogP) is 2.01. The van der Waals surface area contributed by atoms with Crippen molar-refractivity contribution >= 4 is 5.69 Å². The van der Waals surface area contributed by atoms with E-state index in [0.717, 1.165) is 13.2 Å². The fraction of sp³-hybridized carbons (Fsp3) is 0.538. The highest BCUT2D eigenvalue weighted by Crippen LogP contribution is 2.18. The fourth-order valence-corrected chi connectivity index (χ4v) is 1.60. The van der Waals surface area contributed by atoms with E-state index in [1.54, 1.807) is 0 Å². The van der Waals surface area contributed by atoms with Crippen molar-refractivity contribution in [2.45, 2.75) is 26.5 Å². The standard InChI is InChI=1S/C13H22N2O/c1-11(2)16-9-8-15(3)13-7-5-4-6-12(13)10-14/h4-7,11H,8-10,14H2,1-3H3. The first-order valence-electron chi connectivity index (χ1n) is 5.76. The zero-order valence-electron chi connectivity index (χ0n) is 10.4. The number of hydrogen-bond donors (Lipinski definition) is 1. The van der Waals surface area contributed by atoms with Gasteiger partial charge in [-0.25, -0.2) is 0 Å². The Kier molecular flexibility index (Phi) is 5.29. The molecule has 0 saturated carbocycles. The Morgan fingerprint density at radius 3 is 2.62 bits per heavy atom. The highest BCUT2D eigenvalue weighted by molar-refractivity contribution is 5.52. The lowest BCUT2D eigenvalue weighted by atomic mass is 10.1.